The molecule has 0 atom stereocenters. The van der Waals surface area contributed by atoms with Crippen molar-refractivity contribution in [1.29, 1.82) is 0 Å². The highest BCUT2D eigenvalue weighted by Gasteiger charge is 2.27. The van der Waals surface area contributed by atoms with Crippen LogP contribution in [0.4, 0.5) is 0 Å². The molecular weight excluding hydrogens is 464 g/mol. The van der Waals surface area contributed by atoms with E-state index < -0.39 is 0 Å². The molecule has 0 saturated carbocycles. The largest absolute Gasteiger partial charge is 0.497 e. The van der Waals surface area contributed by atoms with Gasteiger partial charge in [0.1, 0.15) is 22.0 Å². The minimum Gasteiger partial charge on any atom is -0.497 e. The molecule has 1 amide bonds. The number of piperazine rings is 1. The summed E-state index contributed by atoms with van der Waals surface area (Å²) in [7, 11) is 1.62. The summed E-state index contributed by atoms with van der Waals surface area (Å²) in [6.45, 7) is 5.09. The van der Waals surface area contributed by atoms with Crippen molar-refractivity contribution in [2.24, 2.45) is 0 Å². The van der Waals surface area contributed by atoms with E-state index in [4.69, 9.17) is 14.1 Å². The second-order valence-corrected chi connectivity index (χ2v) is 10.5. The summed E-state index contributed by atoms with van der Waals surface area (Å²) in [6.07, 6.45) is 4.37. The highest BCUT2D eigenvalue weighted by molar-refractivity contribution is 7.18. The Labute approximate surface area is 206 Å². The first kappa shape index (κ1) is 22.3. The second-order valence-electron chi connectivity index (χ2n) is 9.39. The average molecular weight is 493 g/mol. The van der Waals surface area contributed by atoms with E-state index in [1.165, 1.54) is 16.9 Å². The van der Waals surface area contributed by atoms with Crippen molar-refractivity contribution in [1.82, 2.24) is 19.8 Å². The lowest BCUT2D eigenvalue weighted by molar-refractivity contribution is 0.0596. The number of methoxy groups -OCH3 is 1. The third-order valence-corrected chi connectivity index (χ3v) is 8.43. The minimum absolute atomic E-state index is 0.0183. The van der Waals surface area contributed by atoms with Crippen molar-refractivity contribution in [3.63, 3.8) is 0 Å². The summed E-state index contributed by atoms with van der Waals surface area (Å²) < 4.78 is 11.2. The highest BCUT2D eigenvalue weighted by atomic mass is 32.1. The molecule has 1 aliphatic heterocycles. The van der Waals surface area contributed by atoms with E-state index in [0.717, 1.165) is 46.2 Å². The number of hydrogen-bond donors (Lipinski definition) is 1. The van der Waals surface area contributed by atoms with E-state index in [0.29, 0.717) is 49.9 Å². The Hall–Kier alpha value is -3.17. The Balaban J connectivity index is 1.15. The summed E-state index contributed by atoms with van der Waals surface area (Å²) in [5.41, 5.74) is 2.71. The lowest BCUT2D eigenvalue weighted by Gasteiger charge is -2.34. The van der Waals surface area contributed by atoms with E-state index in [-0.39, 0.29) is 11.5 Å². The number of furan rings is 1. The summed E-state index contributed by atoms with van der Waals surface area (Å²) in [5.74, 6) is 1.73. The fraction of sp³-hybridized carbons (Fsp3) is 0.423. The van der Waals surface area contributed by atoms with Gasteiger partial charge in [0.05, 0.1) is 19.0 Å². The number of hydrogen-bond acceptors (Lipinski definition) is 7. The number of aryl methyl sites for hydroxylation is 3. The molecule has 1 saturated heterocycles. The van der Waals surface area contributed by atoms with Crippen LogP contribution in [0.25, 0.3) is 21.2 Å². The van der Waals surface area contributed by atoms with Crippen molar-refractivity contribution in [2.45, 2.75) is 39.2 Å². The maximum atomic E-state index is 13.2. The molecule has 3 aromatic heterocycles. The third kappa shape index (κ3) is 3.92. The molecule has 0 radical (unpaired) electrons. The number of H-pyrrole nitrogens is 1. The van der Waals surface area contributed by atoms with Gasteiger partial charge >= 0.3 is 0 Å². The van der Waals surface area contributed by atoms with Gasteiger partial charge in [0.25, 0.3) is 11.5 Å². The number of aromatic amines is 1. The molecule has 4 aromatic rings. The van der Waals surface area contributed by atoms with Crippen LogP contribution in [0.1, 0.15) is 45.2 Å². The Morgan fingerprint density at radius 3 is 2.80 bits per heavy atom. The predicted octanol–water partition coefficient (Wildman–Crippen LogP) is 3.88. The van der Waals surface area contributed by atoms with Crippen LogP contribution in [0.3, 0.4) is 0 Å². The van der Waals surface area contributed by atoms with Crippen molar-refractivity contribution in [2.75, 3.05) is 33.3 Å². The maximum Gasteiger partial charge on any atom is 0.289 e. The smallest absolute Gasteiger partial charge is 0.289 e. The molecule has 6 rings (SSSR count). The number of rotatable bonds is 4. The van der Waals surface area contributed by atoms with E-state index in [2.05, 4.69) is 9.88 Å². The number of nitrogens with one attached hydrogen (secondary N) is 1. The summed E-state index contributed by atoms with van der Waals surface area (Å²) in [5, 5.41) is 1.69. The zero-order valence-corrected chi connectivity index (χ0v) is 20.8. The fourth-order valence-corrected chi connectivity index (χ4v) is 6.56. The molecule has 9 heteroatoms. The van der Waals surface area contributed by atoms with Crippen LogP contribution in [0.2, 0.25) is 0 Å². The third-order valence-electron chi connectivity index (χ3n) is 7.24. The van der Waals surface area contributed by atoms with E-state index in [9.17, 15) is 9.59 Å². The molecule has 8 nitrogen and oxygen atoms in total. The lowest BCUT2D eigenvalue weighted by atomic mass is 9.97. The van der Waals surface area contributed by atoms with Crippen LogP contribution in [0.15, 0.2) is 27.4 Å². The van der Waals surface area contributed by atoms with Gasteiger partial charge in [-0.1, -0.05) is 0 Å². The number of carbonyl (C=O) groups excluding carboxylic acids is 1. The van der Waals surface area contributed by atoms with Gasteiger partial charge in [0.2, 0.25) is 0 Å². The number of ether oxygens (including phenoxy) is 1. The van der Waals surface area contributed by atoms with E-state index in [1.54, 1.807) is 18.4 Å². The molecule has 35 heavy (non-hydrogen) atoms. The standard InChI is InChI=1S/C26H28N4O4S/c1-15-18-13-16(33-2)7-8-19(18)34-23(15)26(32)30-11-9-29(10-12-30)14-21-27-24(31)22-17-5-3-4-6-20(17)35-25(22)28-21/h7-8,13H,3-6,9-12,14H2,1-2H3,(H,27,28,31). The van der Waals surface area contributed by atoms with Gasteiger partial charge in [-0.2, -0.15) is 0 Å². The molecule has 1 aliphatic carbocycles. The average Bonchev–Trinajstić information content (AvgIpc) is 3.41. The molecule has 182 valence electrons. The summed E-state index contributed by atoms with van der Waals surface area (Å²) >= 11 is 1.68. The Kier molecular flexibility index (Phi) is 5.61. The number of amides is 1. The molecule has 2 aliphatic rings. The van der Waals surface area contributed by atoms with Crippen molar-refractivity contribution < 1.29 is 13.9 Å². The second kappa shape index (κ2) is 8.80. The Morgan fingerprint density at radius 1 is 1.20 bits per heavy atom. The number of aromatic nitrogens is 2. The van der Waals surface area contributed by atoms with Gasteiger partial charge in [-0.3, -0.25) is 14.5 Å². The quantitative estimate of drug-likeness (QED) is 0.465. The van der Waals surface area contributed by atoms with Crippen molar-refractivity contribution >= 4 is 38.4 Å². The van der Waals surface area contributed by atoms with Gasteiger partial charge in [0.15, 0.2) is 5.76 Å². The molecule has 4 heterocycles. The molecule has 0 spiro atoms. The SMILES string of the molecule is COc1ccc2oc(C(=O)N3CCN(Cc4nc5sc6c(c5c(=O)[nH]4)CCCC6)CC3)c(C)c2c1. The van der Waals surface area contributed by atoms with Crippen LogP contribution in [0.5, 0.6) is 5.75 Å². The van der Waals surface area contributed by atoms with Crippen LogP contribution in [-0.4, -0.2) is 59.0 Å². The van der Waals surface area contributed by atoms with E-state index >= 15 is 0 Å². The molecular formula is C26H28N4O4S. The molecule has 1 aromatic carbocycles. The van der Waals surface area contributed by atoms with E-state index in [1.807, 2.05) is 30.0 Å². The van der Waals surface area contributed by atoms with Gasteiger partial charge in [-0.25, -0.2) is 4.98 Å². The first-order valence-corrected chi connectivity index (χ1v) is 13.0. The predicted molar refractivity (Wildman–Crippen MR) is 136 cm³/mol. The minimum atomic E-state index is -0.0885. The van der Waals surface area contributed by atoms with Gasteiger partial charge in [-0.15, -0.1) is 11.3 Å². The van der Waals surface area contributed by atoms with Crippen LogP contribution in [0, 0.1) is 6.92 Å². The number of benzene rings is 1. The Bertz CT molecular complexity index is 1490. The van der Waals surface area contributed by atoms with Crippen molar-refractivity contribution in [3.05, 3.63) is 56.1 Å². The highest BCUT2D eigenvalue weighted by Crippen LogP contribution is 2.33. The zero-order chi connectivity index (χ0) is 24.1. The summed E-state index contributed by atoms with van der Waals surface area (Å²) in [4.78, 5) is 40.1. The normalized spacial score (nSPS) is 16.7. The zero-order valence-electron chi connectivity index (χ0n) is 20.0. The van der Waals surface area contributed by atoms with Crippen LogP contribution < -0.4 is 10.3 Å². The fourth-order valence-electron chi connectivity index (χ4n) is 5.28. The van der Waals surface area contributed by atoms with Crippen molar-refractivity contribution in [3.8, 4) is 5.75 Å². The number of fused-ring (bicyclic) bond motifs is 4. The summed E-state index contributed by atoms with van der Waals surface area (Å²) in [6, 6.07) is 5.57. The Morgan fingerprint density at radius 2 is 2.00 bits per heavy atom. The maximum absolute atomic E-state index is 13.2. The monoisotopic (exact) mass is 492 g/mol. The molecule has 0 unspecified atom stereocenters. The molecule has 1 N–H and O–H groups in total. The molecule has 0 bridgehead atoms. The first-order valence-electron chi connectivity index (χ1n) is 12.1. The molecule has 1 fully saturated rings. The first-order chi connectivity index (χ1) is 17.0. The van der Waals surface area contributed by atoms with Gasteiger partial charge in [-0.05, 0) is 56.4 Å². The van der Waals surface area contributed by atoms with Gasteiger partial charge in [0, 0.05) is 42.0 Å². The number of thiophene rings is 1. The lowest BCUT2D eigenvalue weighted by Crippen LogP contribution is -2.48. The van der Waals surface area contributed by atoms with Crippen LogP contribution >= 0.6 is 11.3 Å². The van der Waals surface area contributed by atoms with Gasteiger partial charge < -0.3 is 19.0 Å². The van der Waals surface area contributed by atoms with Crippen LogP contribution in [-0.2, 0) is 19.4 Å². The number of carbonyl (C=O) groups is 1. The number of nitrogens with zero attached hydrogens (tertiary/aromatic N) is 3. The topological polar surface area (TPSA) is 91.7 Å².